The van der Waals surface area contributed by atoms with Gasteiger partial charge in [0.05, 0.1) is 11.4 Å². The summed E-state index contributed by atoms with van der Waals surface area (Å²) in [5.74, 6) is 1.78. The highest BCUT2D eigenvalue weighted by atomic mass is 79.9. The molecule has 0 radical (unpaired) electrons. The molecule has 2 heterocycles. The van der Waals surface area contributed by atoms with E-state index in [1.807, 2.05) is 45.0 Å². The third-order valence-electron chi connectivity index (χ3n) is 3.95. The minimum Gasteiger partial charge on any atom is -0.439 e. The average molecular weight is 464 g/mol. The van der Waals surface area contributed by atoms with Crippen LogP contribution in [-0.2, 0) is 4.79 Å². The maximum atomic E-state index is 12.9. The van der Waals surface area contributed by atoms with Crippen molar-refractivity contribution >= 4 is 39.5 Å². The standard InChI is InChI=1S/C20H22BrN3O3S/c1-20(2,3)23-18(25)16-11-28-12-24(16)19(26)13-7-8-17(22-10-13)27-15-6-4-5-14(21)9-15/h4-10,16H,11-12H2,1-3H3,(H,23,25). The first-order valence-electron chi connectivity index (χ1n) is 8.83. The molecule has 1 aromatic carbocycles. The number of benzene rings is 1. The van der Waals surface area contributed by atoms with Gasteiger partial charge in [-0.2, -0.15) is 0 Å². The number of aromatic nitrogens is 1. The van der Waals surface area contributed by atoms with Crippen molar-refractivity contribution in [3.8, 4) is 11.6 Å². The van der Waals surface area contributed by atoms with Gasteiger partial charge in [-0.15, -0.1) is 11.8 Å². The van der Waals surface area contributed by atoms with Gasteiger partial charge in [0.2, 0.25) is 11.8 Å². The van der Waals surface area contributed by atoms with Gasteiger partial charge in [0.1, 0.15) is 11.8 Å². The number of thioether (sulfide) groups is 1. The predicted molar refractivity (Wildman–Crippen MR) is 114 cm³/mol. The Kier molecular flexibility index (Phi) is 6.30. The molecule has 28 heavy (non-hydrogen) atoms. The maximum Gasteiger partial charge on any atom is 0.256 e. The van der Waals surface area contributed by atoms with Crippen LogP contribution in [0.15, 0.2) is 47.1 Å². The van der Waals surface area contributed by atoms with Gasteiger partial charge in [-0.25, -0.2) is 4.98 Å². The van der Waals surface area contributed by atoms with Crippen LogP contribution in [-0.4, -0.2) is 44.9 Å². The van der Waals surface area contributed by atoms with E-state index in [1.165, 1.54) is 6.20 Å². The molecule has 1 N–H and O–H groups in total. The Hall–Kier alpha value is -2.06. The van der Waals surface area contributed by atoms with Gasteiger partial charge in [-0.3, -0.25) is 9.59 Å². The van der Waals surface area contributed by atoms with E-state index in [9.17, 15) is 9.59 Å². The van der Waals surface area contributed by atoms with Crippen LogP contribution < -0.4 is 10.1 Å². The number of carbonyl (C=O) groups is 2. The summed E-state index contributed by atoms with van der Waals surface area (Å²) in [6.07, 6.45) is 1.48. The fraction of sp³-hybridized carbons (Fsp3) is 0.350. The van der Waals surface area contributed by atoms with Crippen LogP contribution in [0.2, 0.25) is 0 Å². The SMILES string of the molecule is CC(C)(C)NC(=O)C1CSCN1C(=O)c1ccc(Oc2cccc(Br)c2)nc1. The molecule has 2 amide bonds. The van der Waals surface area contributed by atoms with Gasteiger partial charge < -0.3 is 15.0 Å². The summed E-state index contributed by atoms with van der Waals surface area (Å²) in [5.41, 5.74) is 0.0871. The van der Waals surface area contributed by atoms with E-state index in [0.29, 0.717) is 28.8 Å². The fourth-order valence-corrected chi connectivity index (χ4v) is 4.23. The van der Waals surface area contributed by atoms with E-state index in [1.54, 1.807) is 28.8 Å². The topological polar surface area (TPSA) is 71.5 Å². The molecule has 0 aliphatic carbocycles. The Morgan fingerprint density at radius 1 is 1.29 bits per heavy atom. The summed E-state index contributed by atoms with van der Waals surface area (Å²) in [4.78, 5) is 31.2. The van der Waals surface area contributed by atoms with Gasteiger partial charge in [0.25, 0.3) is 5.91 Å². The number of ether oxygens (including phenoxy) is 1. The monoisotopic (exact) mass is 463 g/mol. The van der Waals surface area contributed by atoms with Crippen LogP contribution in [0.25, 0.3) is 0 Å². The Bertz CT molecular complexity index is 868. The quantitative estimate of drug-likeness (QED) is 0.739. The summed E-state index contributed by atoms with van der Waals surface area (Å²) >= 11 is 4.96. The molecule has 6 nitrogen and oxygen atoms in total. The first-order valence-corrected chi connectivity index (χ1v) is 10.8. The Labute approximate surface area is 177 Å². The molecule has 1 fully saturated rings. The van der Waals surface area contributed by atoms with E-state index in [0.717, 1.165) is 4.47 Å². The second-order valence-corrected chi connectivity index (χ2v) is 9.39. The molecule has 0 bridgehead atoms. The minimum atomic E-state index is -0.477. The van der Waals surface area contributed by atoms with Crippen molar-refractivity contribution in [2.45, 2.75) is 32.4 Å². The number of carbonyl (C=O) groups excluding carboxylic acids is 2. The smallest absolute Gasteiger partial charge is 0.256 e. The highest BCUT2D eigenvalue weighted by Crippen LogP contribution is 2.26. The summed E-state index contributed by atoms with van der Waals surface area (Å²) < 4.78 is 6.60. The summed E-state index contributed by atoms with van der Waals surface area (Å²) in [6, 6.07) is 10.3. The minimum absolute atomic E-state index is 0.131. The lowest BCUT2D eigenvalue weighted by Gasteiger charge is -2.27. The van der Waals surface area contributed by atoms with Crippen LogP contribution in [0, 0.1) is 0 Å². The van der Waals surface area contributed by atoms with Crippen LogP contribution in [0.3, 0.4) is 0 Å². The van der Waals surface area contributed by atoms with E-state index in [-0.39, 0.29) is 17.4 Å². The first kappa shape index (κ1) is 20.7. The Morgan fingerprint density at radius 2 is 2.07 bits per heavy atom. The zero-order valence-electron chi connectivity index (χ0n) is 15.9. The molecule has 2 aromatic rings. The molecule has 1 aromatic heterocycles. The van der Waals surface area contributed by atoms with E-state index >= 15 is 0 Å². The zero-order chi connectivity index (χ0) is 20.3. The van der Waals surface area contributed by atoms with E-state index < -0.39 is 6.04 Å². The molecule has 0 saturated carbocycles. The number of hydrogen-bond acceptors (Lipinski definition) is 5. The average Bonchev–Trinajstić information content (AvgIpc) is 3.10. The number of amides is 2. The molecule has 0 spiro atoms. The number of rotatable bonds is 4. The number of pyridine rings is 1. The molecule has 1 aliphatic heterocycles. The van der Waals surface area contributed by atoms with Crippen molar-refractivity contribution in [1.82, 2.24) is 15.2 Å². The summed E-state index contributed by atoms with van der Waals surface area (Å²) in [5, 5.41) is 2.95. The van der Waals surface area contributed by atoms with Gasteiger partial charge >= 0.3 is 0 Å². The largest absolute Gasteiger partial charge is 0.439 e. The van der Waals surface area contributed by atoms with Crippen molar-refractivity contribution in [1.29, 1.82) is 0 Å². The molecular formula is C20H22BrN3O3S. The molecule has 1 unspecified atom stereocenters. The van der Waals surface area contributed by atoms with Crippen LogP contribution in [0.4, 0.5) is 0 Å². The molecule has 8 heteroatoms. The van der Waals surface area contributed by atoms with Crippen LogP contribution in [0.5, 0.6) is 11.6 Å². The highest BCUT2D eigenvalue weighted by molar-refractivity contribution is 9.10. The first-order chi connectivity index (χ1) is 13.2. The second kappa shape index (κ2) is 8.53. The van der Waals surface area contributed by atoms with Crippen LogP contribution >= 0.6 is 27.7 Å². The predicted octanol–water partition coefficient (Wildman–Crippen LogP) is 4.07. The summed E-state index contributed by atoms with van der Waals surface area (Å²) in [7, 11) is 0. The molecule has 3 rings (SSSR count). The number of nitrogens with one attached hydrogen (secondary N) is 1. The number of nitrogens with zero attached hydrogens (tertiary/aromatic N) is 2. The Morgan fingerprint density at radius 3 is 2.71 bits per heavy atom. The molecule has 1 aliphatic rings. The molecule has 148 valence electrons. The second-order valence-electron chi connectivity index (χ2n) is 7.47. The van der Waals surface area contributed by atoms with Crippen molar-refractivity contribution < 1.29 is 14.3 Å². The molecular weight excluding hydrogens is 442 g/mol. The van der Waals surface area contributed by atoms with E-state index in [2.05, 4.69) is 26.2 Å². The van der Waals surface area contributed by atoms with Gasteiger partial charge in [0, 0.05) is 28.0 Å². The van der Waals surface area contributed by atoms with Crippen molar-refractivity contribution in [2.24, 2.45) is 0 Å². The Balaban J connectivity index is 1.69. The van der Waals surface area contributed by atoms with Gasteiger partial charge in [0.15, 0.2) is 0 Å². The van der Waals surface area contributed by atoms with Gasteiger partial charge in [-0.05, 0) is 45.0 Å². The lowest BCUT2D eigenvalue weighted by molar-refractivity contribution is -0.125. The normalized spacial score (nSPS) is 16.7. The highest BCUT2D eigenvalue weighted by Gasteiger charge is 2.36. The number of hydrogen-bond donors (Lipinski definition) is 1. The molecule has 1 saturated heterocycles. The van der Waals surface area contributed by atoms with Crippen molar-refractivity contribution in [2.75, 3.05) is 11.6 Å². The summed E-state index contributed by atoms with van der Waals surface area (Å²) in [6.45, 7) is 5.77. The van der Waals surface area contributed by atoms with Crippen molar-refractivity contribution in [3.05, 3.63) is 52.6 Å². The lowest BCUT2D eigenvalue weighted by atomic mass is 10.1. The van der Waals surface area contributed by atoms with Gasteiger partial charge in [-0.1, -0.05) is 22.0 Å². The fourth-order valence-electron chi connectivity index (χ4n) is 2.70. The third-order valence-corrected chi connectivity index (χ3v) is 5.45. The van der Waals surface area contributed by atoms with E-state index in [4.69, 9.17) is 4.74 Å². The third kappa shape index (κ3) is 5.26. The maximum absolute atomic E-state index is 12.9. The zero-order valence-corrected chi connectivity index (χ0v) is 18.3. The molecule has 1 atom stereocenters. The van der Waals surface area contributed by atoms with Crippen molar-refractivity contribution in [3.63, 3.8) is 0 Å². The lowest BCUT2D eigenvalue weighted by Crippen LogP contribution is -2.52. The number of halogens is 1. The van der Waals surface area contributed by atoms with Crippen LogP contribution in [0.1, 0.15) is 31.1 Å².